The molecule has 0 saturated carbocycles. The summed E-state index contributed by atoms with van der Waals surface area (Å²) >= 11 is 5.15. The molecule has 0 amide bonds. The van der Waals surface area contributed by atoms with Gasteiger partial charge in [0.15, 0.2) is 0 Å². The first-order chi connectivity index (χ1) is 3.68. The maximum Gasteiger partial charge on any atom is 1.00 e. The Labute approximate surface area is 109 Å². The van der Waals surface area contributed by atoms with E-state index in [1.807, 2.05) is 6.92 Å². The average Bonchev–Trinajstić information content (AvgIpc) is 1.67. The van der Waals surface area contributed by atoms with E-state index in [2.05, 4.69) is 0 Å². The molecule has 0 heterocycles. The van der Waals surface area contributed by atoms with Crippen LogP contribution in [-0.4, -0.2) is 11.3 Å². The molecule has 0 aromatic carbocycles. The fourth-order valence-electron chi connectivity index (χ4n) is 0.346. The SMILES string of the molecule is [CH-]=C(Cl)C(=O)CCC.[K+].[OH-]. The summed E-state index contributed by atoms with van der Waals surface area (Å²) in [5.74, 6) is -0.158. The van der Waals surface area contributed by atoms with E-state index in [0.717, 1.165) is 6.42 Å². The van der Waals surface area contributed by atoms with E-state index in [1.54, 1.807) is 0 Å². The molecule has 0 rings (SSSR count). The Morgan fingerprint density at radius 3 is 2.10 bits per heavy atom. The van der Waals surface area contributed by atoms with E-state index >= 15 is 0 Å². The minimum Gasteiger partial charge on any atom is -0.870 e. The van der Waals surface area contributed by atoms with Crippen molar-refractivity contribution in [3.63, 3.8) is 0 Å². The zero-order valence-electron chi connectivity index (χ0n) is 6.22. The van der Waals surface area contributed by atoms with Gasteiger partial charge in [0, 0.05) is 5.78 Å². The molecule has 0 fully saturated rings. The van der Waals surface area contributed by atoms with Crippen LogP contribution in [0.25, 0.3) is 0 Å². The molecule has 0 atom stereocenters. The predicted octanol–water partition coefficient (Wildman–Crippen LogP) is -1.26. The summed E-state index contributed by atoms with van der Waals surface area (Å²) < 4.78 is 0. The largest absolute Gasteiger partial charge is 1.00 e. The predicted molar refractivity (Wildman–Crippen MR) is 35.5 cm³/mol. The van der Waals surface area contributed by atoms with Crippen molar-refractivity contribution in [2.75, 3.05) is 0 Å². The molecule has 1 N–H and O–H groups in total. The van der Waals surface area contributed by atoms with Crippen molar-refractivity contribution in [2.24, 2.45) is 0 Å². The molecule has 0 aliphatic carbocycles. The maximum absolute atomic E-state index is 10.4. The van der Waals surface area contributed by atoms with E-state index in [0.29, 0.717) is 6.42 Å². The number of rotatable bonds is 3. The Morgan fingerprint density at radius 1 is 1.60 bits per heavy atom. The van der Waals surface area contributed by atoms with Gasteiger partial charge in [-0.1, -0.05) is 24.8 Å². The summed E-state index contributed by atoms with van der Waals surface area (Å²) in [6, 6.07) is 0. The number of carbonyl (C=O) groups is 1. The van der Waals surface area contributed by atoms with E-state index < -0.39 is 0 Å². The maximum atomic E-state index is 10.4. The van der Waals surface area contributed by atoms with Gasteiger partial charge in [-0.05, 0) is 0 Å². The summed E-state index contributed by atoms with van der Waals surface area (Å²) in [7, 11) is 0. The number of hydrogen-bond donors (Lipinski definition) is 0. The van der Waals surface area contributed by atoms with E-state index in [4.69, 9.17) is 18.2 Å². The van der Waals surface area contributed by atoms with Crippen LogP contribution in [0.3, 0.4) is 0 Å². The molecular formula is C6H9ClKO2-. The molecule has 0 unspecified atom stereocenters. The molecule has 0 aromatic heterocycles. The molecule has 0 bridgehead atoms. The second-order valence-electron chi connectivity index (χ2n) is 1.52. The molecule has 0 aliphatic heterocycles. The van der Waals surface area contributed by atoms with Crippen LogP contribution < -0.4 is 51.4 Å². The van der Waals surface area contributed by atoms with Crippen LogP contribution in [0.2, 0.25) is 0 Å². The Kier molecular flexibility index (Phi) is 17.9. The molecule has 0 spiro atoms. The molecular weight excluding hydrogens is 179 g/mol. The van der Waals surface area contributed by atoms with Gasteiger partial charge in [-0.2, -0.15) is 0 Å². The van der Waals surface area contributed by atoms with E-state index in [9.17, 15) is 4.79 Å². The van der Waals surface area contributed by atoms with Crippen molar-refractivity contribution in [2.45, 2.75) is 19.8 Å². The quantitative estimate of drug-likeness (QED) is 0.315. The molecule has 0 saturated heterocycles. The Balaban J connectivity index is -0.000000245. The molecule has 0 aromatic rings. The smallest absolute Gasteiger partial charge is 0.870 e. The first-order valence-corrected chi connectivity index (χ1v) is 2.87. The van der Waals surface area contributed by atoms with Crippen molar-refractivity contribution in [3.8, 4) is 0 Å². The number of Topliss-reactive ketones (excluding diaryl/α,β-unsaturated/α-hetero) is 1. The number of halogens is 1. The summed E-state index contributed by atoms with van der Waals surface area (Å²) in [4.78, 5) is 10.4. The second kappa shape index (κ2) is 10.3. The topological polar surface area (TPSA) is 47.1 Å². The van der Waals surface area contributed by atoms with Crippen LogP contribution in [-0.2, 0) is 4.79 Å². The van der Waals surface area contributed by atoms with Crippen LogP contribution in [0, 0.1) is 6.58 Å². The third kappa shape index (κ3) is 9.30. The van der Waals surface area contributed by atoms with Crippen molar-refractivity contribution in [1.29, 1.82) is 0 Å². The summed E-state index contributed by atoms with van der Waals surface area (Å²) in [5.41, 5.74) is 0. The molecule has 54 valence electrons. The Bertz CT molecular complexity index is 114. The van der Waals surface area contributed by atoms with Gasteiger partial charge in [-0.15, -0.1) is 11.6 Å². The standard InChI is InChI=1S/C6H8ClO.K.H2O/c1-3-4-6(8)5(2)7;;/h2H,3-4H2,1H3;;1H2/q-1;+1;/p-1. The fourth-order valence-corrected chi connectivity index (χ4v) is 0.441. The minimum absolute atomic E-state index is 0. The van der Waals surface area contributed by atoms with Gasteiger partial charge >= 0.3 is 51.4 Å². The fraction of sp³-hybridized carbons (Fsp3) is 0.500. The van der Waals surface area contributed by atoms with Crippen molar-refractivity contribution in [3.05, 3.63) is 11.6 Å². The van der Waals surface area contributed by atoms with Crippen LogP contribution in [0.1, 0.15) is 19.8 Å². The van der Waals surface area contributed by atoms with E-state index in [1.165, 1.54) is 0 Å². The number of hydrogen-bond acceptors (Lipinski definition) is 2. The Hall–Kier alpha value is 1.30. The van der Waals surface area contributed by atoms with Crippen molar-refractivity contribution in [1.82, 2.24) is 0 Å². The monoisotopic (exact) mass is 187 g/mol. The summed E-state index contributed by atoms with van der Waals surface area (Å²) in [5, 5.41) is -0.105. The molecule has 4 heteroatoms. The van der Waals surface area contributed by atoms with Gasteiger partial charge in [0.2, 0.25) is 0 Å². The van der Waals surface area contributed by atoms with Gasteiger partial charge in [0.25, 0.3) is 0 Å². The molecule has 2 nitrogen and oxygen atoms in total. The van der Waals surface area contributed by atoms with Gasteiger partial charge in [-0.25, -0.2) is 0 Å². The Morgan fingerprint density at radius 2 is 2.00 bits per heavy atom. The third-order valence-electron chi connectivity index (χ3n) is 0.743. The summed E-state index contributed by atoms with van der Waals surface area (Å²) in [6.07, 6.45) is 1.25. The number of allylic oxidation sites excluding steroid dienone is 1. The first kappa shape index (κ1) is 17.4. The zero-order valence-corrected chi connectivity index (χ0v) is 10.1. The van der Waals surface area contributed by atoms with Crippen molar-refractivity contribution < 1.29 is 61.7 Å². The van der Waals surface area contributed by atoms with Crippen LogP contribution in [0.5, 0.6) is 0 Å². The normalized spacial score (nSPS) is 7.00. The molecule has 0 radical (unpaired) electrons. The third-order valence-corrected chi connectivity index (χ3v) is 0.954. The van der Waals surface area contributed by atoms with Crippen molar-refractivity contribution >= 4 is 17.4 Å². The number of ketones is 1. The van der Waals surface area contributed by atoms with E-state index in [-0.39, 0.29) is 67.7 Å². The van der Waals surface area contributed by atoms with Gasteiger partial charge in [-0.3, -0.25) is 6.58 Å². The molecule has 0 aliphatic rings. The number of carbonyl (C=O) groups excluding carboxylic acids is 1. The minimum atomic E-state index is -0.158. The average molecular weight is 188 g/mol. The van der Waals surface area contributed by atoms with Crippen LogP contribution in [0.4, 0.5) is 0 Å². The van der Waals surface area contributed by atoms with Crippen LogP contribution >= 0.6 is 11.6 Å². The van der Waals surface area contributed by atoms with Gasteiger partial charge < -0.3 is 10.3 Å². The van der Waals surface area contributed by atoms with Crippen LogP contribution in [0.15, 0.2) is 5.03 Å². The zero-order chi connectivity index (χ0) is 6.57. The second-order valence-corrected chi connectivity index (χ2v) is 1.93. The van der Waals surface area contributed by atoms with Gasteiger partial charge in [0.1, 0.15) is 0 Å². The van der Waals surface area contributed by atoms with Gasteiger partial charge in [0.05, 0.1) is 0 Å². The summed E-state index contributed by atoms with van der Waals surface area (Å²) in [6.45, 7) is 6.86. The first-order valence-electron chi connectivity index (χ1n) is 2.49. The molecule has 10 heavy (non-hydrogen) atoms.